The zero-order valence-corrected chi connectivity index (χ0v) is 19.1. The molecule has 2 heterocycles. The number of likely N-dealkylation sites (tertiary alicyclic amines) is 1. The van der Waals surface area contributed by atoms with Crippen molar-refractivity contribution in [3.8, 4) is 0 Å². The monoisotopic (exact) mass is 497 g/mol. The highest BCUT2D eigenvalue weighted by atomic mass is 127. The van der Waals surface area contributed by atoms with Gasteiger partial charge in [-0.2, -0.15) is 0 Å². The lowest BCUT2D eigenvalue weighted by Crippen LogP contribution is -2.48. The Bertz CT molecular complexity index is 445. The van der Waals surface area contributed by atoms with Gasteiger partial charge in [-0.3, -0.25) is 9.79 Å². The summed E-state index contributed by atoms with van der Waals surface area (Å²) in [5.41, 5.74) is 0. The largest absolute Gasteiger partial charge is 0.466 e. The number of esters is 1. The summed E-state index contributed by atoms with van der Waals surface area (Å²) in [6.45, 7) is 9.88. The molecule has 0 radical (unpaired) electrons. The average molecular weight is 497 g/mol. The van der Waals surface area contributed by atoms with Crippen LogP contribution in [0.5, 0.6) is 0 Å². The van der Waals surface area contributed by atoms with Gasteiger partial charge in [-0.05, 0) is 46.0 Å². The molecule has 0 saturated carbocycles. The van der Waals surface area contributed by atoms with Crippen LogP contribution >= 0.6 is 24.0 Å². The number of aliphatic imine (C=N–C) groups is 1. The van der Waals surface area contributed by atoms with Gasteiger partial charge in [0.15, 0.2) is 5.96 Å². The van der Waals surface area contributed by atoms with Crippen molar-refractivity contribution in [1.82, 2.24) is 10.2 Å². The van der Waals surface area contributed by atoms with Crippen LogP contribution in [0.4, 0.5) is 0 Å². The molecule has 0 aromatic carbocycles. The van der Waals surface area contributed by atoms with E-state index in [9.17, 15) is 4.79 Å². The highest BCUT2D eigenvalue weighted by molar-refractivity contribution is 14.0. The van der Waals surface area contributed by atoms with Crippen molar-refractivity contribution in [2.45, 2.75) is 52.1 Å². The van der Waals surface area contributed by atoms with Crippen molar-refractivity contribution >= 4 is 35.9 Å². The summed E-state index contributed by atoms with van der Waals surface area (Å²) in [6, 6.07) is 0. The maximum Gasteiger partial charge on any atom is 0.310 e. The smallest absolute Gasteiger partial charge is 0.310 e. The summed E-state index contributed by atoms with van der Waals surface area (Å²) in [5.74, 6) is 0.759. The summed E-state index contributed by atoms with van der Waals surface area (Å²) in [6.07, 6.45) is 5.12. The molecular weight excluding hydrogens is 461 g/mol. The van der Waals surface area contributed by atoms with Crippen molar-refractivity contribution in [3.63, 3.8) is 0 Å². The number of nitrogens with zero attached hydrogens (tertiary/aromatic N) is 2. The van der Waals surface area contributed by atoms with E-state index in [1.807, 2.05) is 6.92 Å². The minimum atomic E-state index is -0.0853. The van der Waals surface area contributed by atoms with Crippen LogP contribution in [-0.2, 0) is 19.0 Å². The Kier molecular flexibility index (Phi) is 13.0. The molecule has 7 nitrogen and oxygen atoms in total. The number of ether oxygens (including phenoxy) is 3. The number of halogens is 1. The van der Waals surface area contributed by atoms with Crippen molar-refractivity contribution in [3.05, 3.63) is 0 Å². The van der Waals surface area contributed by atoms with Gasteiger partial charge < -0.3 is 24.4 Å². The van der Waals surface area contributed by atoms with Gasteiger partial charge in [0.25, 0.3) is 0 Å². The summed E-state index contributed by atoms with van der Waals surface area (Å²) in [7, 11) is 0. The van der Waals surface area contributed by atoms with Crippen LogP contribution in [0, 0.1) is 5.92 Å². The molecule has 0 amide bonds. The van der Waals surface area contributed by atoms with E-state index in [0.717, 1.165) is 77.5 Å². The van der Waals surface area contributed by atoms with Crippen LogP contribution in [0.15, 0.2) is 4.99 Å². The average Bonchev–Trinajstić information content (AvgIpc) is 2.68. The van der Waals surface area contributed by atoms with E-state index in [0.29, 0.717) is 19.3 Å². The Balaban J connectivity index is 0.00000364. The van der Waals surface area contributed by atoms with Gasteiger partial charge in [-0.15, -0.1) is 24.0 Å². The molecule has 0 aromatic heterocycles. The SMILES string of the molecule is CCNC(=NCCCOC1CCOCC1)N1CCCC(C(=O)OCC)C1.I. The molecule has 0 aromatic rings. The van der Waals surface area contributed by atoms with Gasteiger partial charge in [0.1, 0.15) is 0 Å². The fraction of sp³-hybridized carbons (Fsp3) is 0.895. The maximum atomic E-state index is 12.0. The third-order valence-corrected chi connectivity index (χ3v) is 4.76. The molecule has 1 N–H and O–H groups in total. The van der Waals surface area contributed by atoms with Crippen LogP contribution in [0.2, 0.25) is 0 Å². The number of hydrogen-bond donors (Lipinski definition) is 1. The van der Waals surface area contributed by atoms with Crippen LogP contribution in [-0.4, -0.2) is 75.5 Å². The quantitative estimate of drug-likeness (QED) is 0.183. The molecule has 2 saturated heterocycles. The topological polar surface area (TPSA) is 72.4 Å². The number of guanidine groups is 1. The third kappa shape index (κ3) is 8.95. The van der Waals surface area contributed by atoms with Gasteiger partial charge >= 0.3 is 5.97 Å². The lowest BCUT2D eigenvalue weighted by atomic mass is 9.98. The molecule has 1 atom stereocenters. The maximum absolute atomic E-state index is 12.0. The van der Waals surface area contributed by atoms with Crippen molar-refractivity contribution in [2.24, 2.45) is 10.9 Å². The Labute approximate surface area is 180 Å². The second-order valence-corrected chi connectivity index (χ2v) is 6.81. The summed E-state index contributed by atoms with van der Waals surface area (Å²) in [4.78, 5) is 19.0. The second-order valence-electron chi connectivity index (χ2n) is 6.81. The molecule has 0 spiro atoms. The lowest BCUT2D eigenvalue weighted by Gasteiger charge is -2.34. The van der Waals surface area contributed by atoms with Crippen LogP contribution < -0.4 is 5.32 Å². The first-order valence-corrected chi connectivity index (χ1v) is 10.1. The Morgan fingerprint density at radius 3 is 2.74 bits per heavy atom. The third-order valence-electron chi connectivity index (χ3n) is 4.76. The second kappa shape index (κ2) is 14.4. The van der Waals surface area contributed by atoms with Crippen molar-refractivity contribution in [2.75, 3.05) is 52.6 Å². The van der Waals surface area contributed by atoms with Gasteiger partial charge in [0.05, 0.1) is 18.6 Å². The van der Waals surface area contributed by atoms with E-state index in [-0.39, 0.29) is 35.9 Å². The molecular formula is C19H36IN3O4. The van der Waals surface area contributed by atoms with Gasteiger partial charge in [0, 0.05) is 46.0 Å². The number of carbonyl (C=O) groups excluding carboxylic acids is 1. The number of piperidine rings is 1. The number of carbonyl (C=O) groups is 1. The molecule has 2 fully saturated rings. The predicted octanol–water partition coefficient (Wildman–Crippen LogP) is 2.43. The lowest BCUT2D eigenvalue weighted by molar-refractivity contribution is -0.149. The summed E-state index contributed by atoms with van der Waals surface area (Å²) < 4.78 is 16.4. The first-order chi connectivity index (χ1) is 12.7. The Hall–Kier alpha value is -0.610. The van der Waals surface area contributed by atoms with E-state index < -0.39 is 0 Å². The Morgan fingerprint density at radius 2 is 2.04 bits per heavy atom. The molecule has 2 aliphatic heterocycles. The fourth-order valence-corrected chi connectivity index (χ4v) is 3.39. The molecule has 1 unspecified atom stereocenters. The number of hydrogen-bond acceptors (Lipinski definition) is 5. The van der Waals surface area contributed by atoms with Crippen LogP contribution in [0.25, 0.3) is 0 Å². The molecule has 27 heavy (non-hydrogen) atoms. The molecule has 2 rings (SSSR count). The van der Waals surface area contributed by atoms with Gasteiger partial charge in [-0.1, -0.05) is 0 Å². The summed E-state index contributed by atoms with van der Waals surface area (Å²) in [5, 5.41) is 3.35. The van der Waals surface area contributed by atoms with Crippen molar-refractivity contribution < 1.29 is 19.0 Å². The first kappa shape index (κ1) is 24.4. The van der Waals surface area contributed by atoms with Gasteiger partial charge in [0.2, 0.25) is 0 Å². The minimum absolute atomic E-state index is 0. The molecule has 158 valence electrons. The predicted molar refractivity (Wildman–Crippen MR) is 117 cm³/mol. The normalized spacial score (nSPS) is 21.5. The number of rotatable bonds is 8. The molecule has 2 aliphatic rings. The Morgan fingerprint density at radius 1 is 1.26 bits per heavy atom. The van der Waals surface area contributed by atoms with E-state index >= 15 is 0 Å². The summed E-state index contributed by atoms with van der Waals surface area (Å²) >= 11 is 0. The minimum Gasteiger partial charge on any atom is -0.466 e. The van der Waals surface area contributed by atoms with Crippen LogP contribution in [0.3, 0.4) is 0 Å². The van der Waals surface area contributed by atoms with E-state index in [4.69, 9.17) is 19.2 Å². The highest BCUT2D eigenvalue weighted by Gasteiger charge is 2.28. The fourth-order valence-electron chi connectivity index (χ4n) is 3.39. The first-order valence-electron chi connectivity index (χ1n) is 10.1. The molecule has 0 aliphatic carbocycles. The van der Waals surface area contributed by atoms with Gasteiger partial charge in [-0.25, -0.2) is 0 Å². The molecule has 0 bridgehead atoms. The number of nitrogens with one attached hydrogen (secondary N) is 1. The zero-order chi connectivity index (χ0) is 18.6. The van der Waals surface area contributed by atoms with E-state index in [2.05, 4.69) is 17.1 Å². The van der Waals surface area contributed by atoms with E-state index in [1.54, 1.807) is 0 Å². The van der Waals surface area contributed by atoms with Crippen molar-refractivity contribution in [1.29, 1.82) is 0 Å². The standard InChI is InChI=1S/C19H35N3O4.HI/c1-3-20-19(21-10-6-12-26-17-8-13-24-14-9-17)22-11-5-7-16(15-22)18(23)25-4-2;/h16-17H,3-15H2,1-2H3,(H,20,21);1H. The van der Waals surface area contributed by atoms with E-state index in [1.165, 1.54) is 0 Å². The molecule has 8 heteroatoms. The zero-order valence-electron chi connectivity index (χ0n) is 16.8. The van der Waals surface area contributed by atoms with Crippen LogP contribution in [0.1, 0.15) is 46.0 Å². The highest BCUT2D eigenvalue weighted by Crippen LogP contribution is 2.18.